The summed E-state index contributed by atoms with van der Waals surface area (Å²) in [5, 5.41) is 3.00. The number of carbonyl (C=O) groups excluding carboxylic acids is 1. The molecular formula is C12H15F2NO. The lowest BCUT2D eigenvalue weighted by atomic mass is 9.99. The molecule has 0 bridgehead atoms. The molecule has 1 atom stereocenters. The molecule has 0 aliphatic rings. The average Bonchev–Trinajstić information content (AvgIpc) is 2.28. The van der Waals surface area contributed by atoms with Crippen molar-refractivity contribution in [3.63, 3.8) is 0 Å². The summed E-state index contributed by atoms with van der Waals surface area (Å²) in [6.45, 7) is 4.81. The predicted octanol–water partition coefficient (Wildman–Crippen LogP) is 2.39. The molecule has 4 heteroatoms. The van der Waals surface area contributed by atoms with Crippen LogP contribution in [0.4, 0.5) is 8.78 Å². The first-order valence-corrected chi connectivity index (χ1v) is 5.26. The van der Waals surface area contributed by atoms with Gasteiger partial charge in [-0.3, -0.25) is 4.79 Å². The lowest BCUT2D eigenvalue weighted by Crippen LogP contribution is -2.27. The van der Waals surface area contributed by atoms with Crippen LogP contribution in [0.5, 0.6) is 0 Å². The van der Waals surface area contributed by atoms with Gasteiger partial charge in [0.1, 0.15) is 0 Å². The van der Waals surface area contributed by atoms with Gasteiger partial charge in [0.2, 0.25) is 0 Å². The molecule has 0 aromatic heterocycles. The molecule has 0 fully saturated rings. The molecule has 0 saturated heterocycles. The summed E-state index contributed by atoms with van der Waals surface area (Å²) in [5.41, 5.74) is -0.176. The minimum Gasteiger partial charge on any atom is -0.316 e. The molecular weight excluding hydrogens is 212 g/mol. The number of rotatable bonds is 5. The smallest absolute Gasteiger partial charge is 0.169 e. The van der Waals surface area contributed by atoms with E-state index in [4.69, 9.17) is 0 Å². The summed E-state index contributed by atoms with van der Waals surface area (Å²) in [7, 11) is 0. The molecule has 1 N–H and O–H groups in total. The number of benzene rings is 1. The van der Waals surface area contributed by atoms with Gasteiger partial charge < -0.3 is 5.32 Å². The quantitative estimate of drug-likeness (QED) is 0.782. The van der Waals surface area contributed by atoms with Crippen molar-refractivity contribution in [2.45, 2.75) is 13.8 Å². The van der Waals surface area contributed by atoms with Gasteiger partial charge in [0.25, 0.3) is 0 Å². The molecule has 88 valence electrons. The van der Waals surface area contributed by atoms with E-state index in [1.54, 1.807) is 6.92 Å². The van der Waals surface area contributed by atoms with Crippen LogP contribution < -0.4 is 5.32 Å². The van der Waals surface area contributed by atoms with Gasteiger partial charge >= 0.3 is 0 Å². The fraction of sp³-hybridized carbons (Fsp3) is 0.417. The van der Waals surface area contributed by atoms with Crippen molar-refractivity contribution in [3.05, 3.63) is 35.4 Å². The number of ketones is 1. The Bertz CT molecular complexity index is 379. The van der Waals surface area contributed by atoms with E-state index in [0.717, 1.165) is 12.6 Å². The third kappa shape index (κ3) is 2.85. The Morgan fingerprint density at radius 2 is 2.12 bits per heavy atom. The van der Waals surface area contributed by atoms with Crippen molar-refractivity contribution in [2.24, 2.45) is 5.92 Å². The third-order valence-electron chi connectivity index (χ3n) is 2.37. The highest BCUT2D eigenvalue weighted by Crippen LogP contribution is 2.15. The van der Waals surface area contributed by atoms with Crippen LogP contribution in [0.2, 0.25) is 0 Å². The molecule has 2 nitrogen and oxygen atoms in total. The summed E-state index contributed by atoms with van der Waals surface area (Å²) in [6, 6.07) is 3.65. The molecule has 0 spiro atoms. The molecule has 16 heavy (non-hydrogen) atoms. The average molecular weight is 227 g/mol. The van der Waals surface area contributed by atoms with E-state index in [1.165, 1.54) is 12.1 Å². The maximum absolute atomic E-state index is 13.3. The van der Waals surface area contributed by atoms with E-state index in [2.05, 4.69) is 5.32 Å². The van der Waals surface area contributed by atoms with Crippen LogP contribution >= 0.6 is 0 Å². The Morgan fingerprint density at radius 3 is 2.75 bits per heavy atom. The number of Topliss-reactive ketones (excluding diaryl/α,β-unsaturated/α-hetero) is 1. The number of hydrogen-bond acceptors (Lipinski definition) is 2. The number of hydrogen-bond donors (Lipinski definition) is 1. The van der Waals surface area contributed by atoms with Gasteiger partial charge in [-0.05, 0) is 18.7 Å². The first-order chi connectivity index (χ1) is 7.57. The maximum Gasteiger partial charge on any atom is 0.169 e. The van der Waals surface area contributed by atoms with E-state index < -0.39 is 11.6 Å². The largest absolute Gasteiger partial charge is 0.316 e. The molecule has 1 rings (SSSR count). The van der Waals surface area contributed by atoms with Gasteiger partial charge in [0, 0.05) is 12.5 Å². The highest BCUT2D eigenvalue weighted by molar-refractivity contribution is 5.98. The second kappa shape index (κ2) is 5.70. The van der Waals surface area contributed by atoms with Crippen LogP contribution in [-0.2, 0) is 0 Å². The monoisotopic (exact) mass is 227 g/mol. The predicted molar refractivity (Wildman–Crippen MR) is 58.4 cm³/mol. The second-order valence-corrected chi connectivity index (χ2v) is 3.67. The highest BCUT2D eigenvalue weighted by atomic mass is 19.2. The van der Waals surface area contributed by atoms with E-state index in [9.17, 15) is 13.6 Å². The molecule has 0 aliphatic carbocycles. The molecule has 0 heterocycles. The first-order valence-electron chi connectivity index (χ1n) is 5.26. The van der Waals surface area contributed by atoms with Gasteiger partial charge in [-0.2, -0.15) is 0 Å². The minimum atomic E-state index is -1.06. The molecule has 0 amide bonds. The third-order valence-corrected chi connectivity index (χ3v) is 2.37. The lowest BCUT2D eigenvalue weighted by molar-refractivity contribution is 0.0924. The molecule has 0 radical (unpaired) electrons. The summed E-state index contributed by atoms with van der Waals surface area (Å²) >= 11 is 0. The van der Waals surface area contributed by atoms with E-state index in [0.29, 0.717) is 6.54 Å². The Hall–Kier alpha value is -1.29. The number of halogens is 2. The van der Waals surface area contributed by atoms with E-state index in [1.807, 2.05) is 6.92 Å². The van der Waals surface area contributed by atoms with Crippen molar-refractivity contribution in [2.75, 3.05) is 13.1 Å². The topological polar surface area (TPSA) is 29.1 Å². The second-order valence-electron chi connectivity index (χ2n) is 3.67. The summed E-state index contributed by atoms with van der Waals surface area (Å²) in [5.74, 6) is -2.79. The zero-order valence-corrected chi connectivity index (χ0v) is 9.39. The van der Waals surface area contributed by atoms with Gasteiger partial charge in [-0.15, -0.1) is 0 Å². The Kier molecular flexibility index (Phi) is 4.55. The van der Waals surface area contributed by atoms with Crippen LogP contribution in [0.15, 0.2) is 18.2 Å². The van der Waals surface area contributed by atoms with Gasteiger partial charge in [-0.1, -0.05) is 19.9 Å². The van der Waals surface area contributed by atoms with Crippen LogP contribution in [-0.4, -0.2) is 18.9 Å². The Morgan fingerprint density at radius 1 is 1.44 bits per heavy atom. The normalized spacial score (nSPS) is 12.5. The van der Waals surface area contributed by atoms with E-state index in [-0.39, 0.29) is 17.3 Å². The SMILES string of the molecule is CCNCC(C)C(=O)c1cccc(F)c1F. The zero-order chi connectivity index (χ0) is 12.1. The maximum atomic E-state index is 13.3. The van der Waals surface area contributed by atoms with Crippen LogP contribution in [0, 0.1) is 17.6 Å². The van der Waals surface area contributed by atoms with Gasteiger partial charge in [-0.25, -0.2) is 8.78 Å². The lowest BCUT2D eigenvalue weighted by Gasteiger charge is -2.11. The Labute approximate surface area is 93.7 Å². The fourth-order valence-corrected chi connectivity index (χ4v) is 1.41. The summed E-state index contributed by atoms with van der Waals surface area (Å²) in [4.78, 5) is 11.8. The Balaban J connectivity index is 2.84. The number of carbonyl (C=O) groups is 1. The van der Waals surface area contributed by atoms with Gasteiger partial charge in [0.05, 0.1) is 5.56 Å². The molecule has 0 saturated carbocycles. The highest BCUT2D eigenvalue weighted by Gasteiger charge is 2.20. The molecule has 1 unspecified atom stereocenters. The van der Waals surface area contributed by atoms with E-state index >= 15 is 0 Å². The van der Waals surface area contributed by atoms with Crippen molar-refractivity contribution in [1.29, 1.82) is 0 Å². The van der Waals surface area contributed by atoms with Crippen LogP contribution in [0.3, 0.4) is 0 Å². The molecule has 1 aromatic rings. The first kappa shape index (κ1) is 12.8. The van der Waals surface area contributed by atoms with Crippen molar-refractivity contribution in [1.82, 2.24) is 5.32 Å². The van der Waals surface area contributed by atoms with Crippen LogP contribution in [0.1, 0.15) is 24.2 Å². The standard InChI is InChI=1S/C12H15F2NO/c1-3-15-7-8(2)12(16)9-5-4-6-10(13)11(9)14/h4-6,8,15H,3,7H2,1-2H3. The fourth-order valence-electron chi connectivity index (χ4n) is 1.41. The zero-order valence-electron chi connectivity index (χ0n) is 9.39. The summed E-state index contributed by atoms with van der Waals surface area (Å²) in [6.07, 6.45) is 0. The molecule has 1 aromatic carbocycles. The minimum absolute atomic E-state index is 0.176. The van der Waals surface area contributed by atoms with Crippen LogP contribution in [0.25, 0.3) is 0 Å². The summed E-state index contributed by atoms with van der Waals surface area (Å²) < 4.78 is 26.2. The molecule has 0 aliphatic heterocycles. The van der Waals surface area contributed by atoms with Crippen molar-refractivity contribution in [3.8, 4) is 0 Å². The van der Waals surface area contributed by atoms with Crippen molar-refractivity contribution < 1.29 is 13.6 Å². The van der Waals surface area contributed by atoms with Crippen molar-refractivity contribution >= 4 is 5.78 Å². The van der Waals surface area contributed by atoms with Gasteiger partial charge in [0.15, 0.2) is 17.4 Å². The number of nitrogens with one attached hydrogen (secondary N) is 1.